The molecule has 2 aromatic carbocycles. The molecule has 0 N–H and O–H groups in total. The fourth-order valence-electron chi connectivity index (χ4n) is 1.81. The van der Waals surface area contributed by atoms with Crippen LogP contribution in [0.3, 0.4) is 0 Å². The number of hydrogen-bond acceptors (Lipinski definition) is 0. The summed E-state index contributed by atoms with van der Waals surface area (Å²) in [5.74, 6) is 0. The van der Waals surface area contributed by atoms with Gasteiger partial charge in [-0.15, -0.1) is 0 Å². The Morgan fingerprint density at radius 1 is 0.706 bits per heavy atom. The highest BCUT2D eigenvalue weighted by atomic mass is 79.9. The highest BCUT2D eigenvalue weighted by Crippen LogP contribution is 2.21. The maximum absolute atomic E-state index is 3.46. The monoisotopic (exact) mass is 304 g/mol. The van der Waals surface area contributed by atoms with Gasteiger partial charge in [0.2, 0.25) is 0 Å². The molecule has 0 nitrogen and oxygen atoms in total. The number of rotatable bonds is 2. The van der Waals surface area contributed by atoms with Crippen molar-refractivity contribution in [2.75, 3.05) is 0 Å². The second-order valence-corrected chi connectivity index (χ2v) is 11.3. The molecule has 0 aromatic heterocycles. The normalized spacial score (nSPS) is 11.5. The maximum atomic E-state index is 3.46. The van der Waals surface area contributed by atoms with Crippen LogP contribution in [0.1, 0.15) is 0 Å². The van der Waals surface area contributed by atoms with Crippen molar-refractivity contribution in [1.29, 1.82) is 0 Å². The van der Waals surface area contributed by atoms with Crippen LogP contribution in [0.15, 0.2) is 53.0 Å². The molecule has 0 unspecified atom stereocenters. The topological polar surface area (TPSA) is 0 Å². The van der Waals surface area contributed by atoms with E-state index in [1.807, 2.05) is 0 Å². The molecule has 0 atom stereocenters. The number of hydrogen-bond donors (Lipinski definition) is 0. The average molecular weight is 305 g/mol. The zero-order valence-electron chi connectivity index (χ0n) is 10.5. The van der Waals surface area contributed by atoms with E-state index in [4.69, 9.17) is 0 Å². The summed E-state index contributed by atoms with van der Waals surface area (Å²) < 4.78 is 1.12. The third-order valence-corrected chi connectivity index (χ3v) is 5.52. The molecular weight excluding hydrogens is 288 g/mol. The second kappa shape index (κ2) is 4.79. The van der Waals surface area contributed by atoms with Gasteiger partial charge in [-0.1, -0.05) is 77.2 Å². The Labute approximate surface area is 113 Å². The smallest absolute Gasteiger partial charge is 0.0656 e. The maximum Gasteiger partial charge on any atom is 0.0775 e. The highest BCUT2D eigenvalue weighted by Gasteiger charge is 2.15. The Kier molecular flexibility index (Phi) is 3.55. The lowest BCUT2D eigenvalue weighted by molar-refractivity contribution is 1.59. The van der Waals surface area contributed by atoms with Gasteiger partial charge in [0.1, 0.15) is 0 Å². The summed E-state index contributed by atoms with van der Waals surface area (Å²) >= 11 is 3.46. The molecule has 0 aliphatic heterocycles. The van der Waals surface area contributed by atoms with E-state index < -0.39 is 8.07 Å². The summed E-state index contributed by atoms with van der Waals surface area (Å²) in [5, 5.41) is 1.51. The molecule has 2 heteroatoms. The van der Waals surface area contributed by atoms with Crippen LogP contribution < -0.4 is 5.19 Å². The van der Waals surface area contributed by atoms with Crippen LogP contribution >= 0.6 is 15.9 Å². The van der Waals surface area contributed by atoms with Gasteiger partial charge in [-0.2, -0.15) is 0 Å². The second-order valence-electron chi connectivity index (χ2n) is 5.33. The summed E-state index contributed by atoms with van der Waals surface area (Å²) in [6.45, 7) is 7.13. The summed E-state index contributed by atoms with van der Waals surface area (Å²) in [4.78, 5) is 0. The summed E-state index contributed by atoms with van der Waals surface area (Å²) in [5.41, 5.74) is 2.56. The Hall–Kier alpha value is -0.863. The number of halogens is 1. The largest absolute Gasteiger partial charge is 0.0775 e. The van der Waals surface area contributed by atoms with Crippen molar-refractivity contribution in [2.45, 2.75) is 19.6 Å². The van der Waals surface area contributed by atoms with Crippen LogP contribution in [0.2, 0.25) is 19.6 Å². The lowest BCUT2D eigenvalue weighted by Gasteiger charge is -2.16. The first-order valence-electron chi connectivity index (χ1n) is 5.83. The zero-order chi connectivity index (χ0) is 12.5. The van der Waals surface area contributed by atoms with Gasteiger partial charge >= 0.3 is 0 Å². The Morgan fingerprint density at radius 3 is 1.53 bits per heavy atom. The quantitative estimate of drug-likeness (QED) is 0.708. The van der Waals surface area contributed by atoms with Crippen molar-refractivity contribution < 1.29 is 0 Å². The lowest BCUT2D eigenvalue weighted by Crippen LogP contribution is -2.37. The van der Waals surface area contributed by atoms with E-state index in [1.54, 1.807) is 0 Å². The van der Waals surface area contributed by atoms with E-state index in [0.717, 1.165) is 4.47 Å². The predicted molar refractivity (Wildman–Crippen MR) is 82.6 cm³/mol. The van der Waals surface area contributed by atoms with Crippen molar-refractivity contribution in [3.05, 3.63) is 53.0 Å². The van der Waals surface area contributed by atoms with Crippen LogP contribution in [0.5, 0.6) is 0 Å². The van der Waals surface area contributed by atoms with Gasteiger partial charge in [-0.3, -0.25) is 0 Å². The van der Waals surface area contributed by atoms with E-state index in [2.05, 4.69) is 84.1 Å². The Bertz CT molecular complexity index is 492. The molecule has 2 rings (SSSR count). The minimum atomic E-state index is -1.17. The average Bonchev–Trinajstić information content (AvgIpc) is 2.29. The molecule has 0 radical (unpaired) electrons. The molecule has 88 valence electrons. The van der Waals surface area contributed by atoms with Crippen LogP contribution in [-0.4, -0.2) is 8.07 Å². The molecule has 0 spiro atoms. The lowest BCUT2D eigenvalue weighted by atomic mass is 10.1. The summed E-state index contributed by atoms with van der Waals surface area (Å²) in [7, 11) is -1.17. The Balaban J connectivity index is 2.33. The first-order valence-corrected chi connectivity index (χ1v) is 10.1. The molecule has 2 aromatic rings. The summed E-state index contributed by atoms with van der Waals surface area (Å²) in [6, 6.07) is 17.5. The summed E-state index contributed by atoms with van der Waals surface area (Å²) in [6.07, 6.45) is 0. The molecular formula is C15H17BrSi. The van der Waals surface area contributed by atoms with Crippen LogP contribution in [0.25, 0.3) is 11.1 Å². The third kappa shape index (κ3) is 3.08. The van der Waals surface area contributed by atoms with Gasteiger partial charge in [0.05, 0.1) is 8.07 Å². The SMILES string of the molecule is C[Si](C)(C)c1ccc(-c2ccc(Br)cc2)cc1. The van der Waals surface area contributed by atoms with E-state index in [-0.39, 0.29) is 0 Å². The first-order chi connectivity index (χ1) is 7.97. The number of benzene rings is 2. The molecule has 0 heterocycles. The molecule has 0 saturated carbocycles. The zero-order valence-corrected chi connectivity index (χ0v) is 13.1. The van der Waals surface area contributed by atoms with Crippen LogP contribution in [0.4, 0.5) is 0 Å². The van der Waals surface area contributed by atoms with Crippen molar-refractivity contribution in [3.63, 3.8) is 0 Å². The van der Waals surface area contributed by atoms with Gasteiger partial charge < -0.3 is 0 Å². The van der Waals surface area contributed by atoms with Gasteiger partial charge in [-0.25, -0.2) is 0 Å². The van der Waals surface area contributed by atoms with E-state index >= 15 is 0 Å². The molecule has 0 aliphatic carbocycles. The minimum absolute atomic E-state index is 1.12. The van der Waals surface area contributed by atoms with E-state index in [0.29, 0.717) is 0 Å². The third-order valence-electron chi connectivity index (χ3n) is 2.93. The van der Waals surface area contributed by atoms with Crippen LogP contribution in [-0.2, 0) is 0 Å². The van der Waals surface area contributed by atoms with Crippen molar-refractivity contribution in [3.8, 4) is 11.1 Å². The Morgan fingerprint density at radius 2 is 1.12 bits per heavy atom. The van der Waals surface area contributed by atoms with Crippen LogP contribution in [0, 0.1) is 0 Å². The first kappa shape index (κ1) is 12.6. The molecule has 0 saturated heterocycles. The fourth-order valence-corrected chi connectivity index (χ4v) is 3.24. The molecule has 0 fully saturated rings. The standard InChI is InChI=1S/C15H17BrSi/c1-17(2,3)15-10-6-13(7-11-15)12-4-8-14(16)9-5-12/h4-11H,1-3H3. The predicted octanol–water partition coefficient (Wildman–Crippen LogP) is 4.66. The highest BCUT2D eigenvalue weighted by molar-refractivity contribution is 9.10. The molecule has 0 bridgehead atoms. The van der Waals surface area contributed by atoms with Gasteiger partial charge in [-0.05, 0) is 23.3 Å². The van der Waals surface area contributed by atoms with Crippen molar-refractivity contribution in [1.82, 2.24) is 0 Å². The molecule has 17 heavy (non-hydrogen) atoms. The van der Waals surface area contributed by atoms with E-state index in [9.17, 15) is 0 Å². The van der Waals surface area contributed by atoms with Crippen molar-refractivity contribution in [2.24, 2.45) is 0 Å². The minimum Gasteiger partial charge on any atom is -0.0656 e. The molecule has 0 aliphatic rings. The van der Waals surface area contributed by atoms with Crippen molar-refractivity contribution >= 4 is 29.2 Å². The molecule has 0 amide bonds. The van der Waals surface area contributed by atoms with Gasteiger partial charge in [0.15, 0.2) is 0 Å². The van der Waals surface area contributed by atoms with E-state index in [1.165, 1.54) is 16.3 Å². The van der Waals surface area contributed by atoms with Gasteiger partial charge in [0, 0.05) is 4.47 Å². The van der Waals surface area contributed by atoms with Gasteiger partial charge in [0.25, 0.3) is 0 Å². The fraction of sp³-hybridized carbons (Fsp3) is 0.200.